The largest absolute Gasteiger partial charge is 0.440 e. The lowest BCUT2D eigenvalue weighted by molar-refractivity contribution is 0.121. The molecule has 4 heterocycles. The number of para-hydroxylation sites is 2. The fourth-order valence-corrected chi connectivity index (χ4v) is 6.23. The van der Waals surface area contributed by atoms with E-state index in [1.54, 1.807) is 12.1 Å². The van der Waals surface area contributed by atoms with Gasteiger partial charge in [0.05, 0.1) is 24.0 Å². The number of piperidine rings is 1. The molecule has 0 unspecified atom stereocenters. The van der Waals surface area contributed by atoms with Gasteiger partial charge in [-0.3, -0.25) is 9.59 Å². The van der Waals surface area contributed by atoms with Crippen LogP contribution in [0.25, 0.3) is 44.2 Å². The average Bonchev–Trinajstić information content (AvgIpc) is 3.13. The van der Waals surface area contributed by atoms with E-state index in [0.29, 0.717) is 46.9 Å². The van der Waals surface area contributed by atoms with Gasteiger partial charge in [-0.25, -0.2) is 0 Å². The van der Waals surface area contributed by atoms with Gasteiger partial charge in [-0.2, -0.15) is 0 Å². The van der Waals surface area contributed by atoms with Crippen LogP contribution in [0.2, 0.25) is 0 Å². The molecule has 232 valence electrons. The maximum atomic E-state index is 12.5. The summed E-state index contributed by atoms with van der Waals surface area (Å²) in [6, 6.07) is 34.8. The zero-order chi connectivity index (χ0) is 31.3. The first-order valence-corrected chi connectivity index (χ1v) is 16.0. The van der Waals surface area contributed by atoms with Gasteiger partial charge in [-0.15, -0.1) is 0 Å². The molecule has 7 nitrogen and oxygen atoms in total. The summed E-state index contributed by atoms with van der Waals surface area (Å²) in [5.74, 6) is 1.32. The van der Waals surface area contributed by atoms with E-state index in [0.717, 1.165) is 61.3 Å². The molecule has 7 heteroatoms. The Balaban J connectivity index is 0.000000147. The van der Waals surface area contributed by atoms with Crippen molar-refractivity contribution >= 4 is 33.7 Å². The number of rotatable bonds is 4. The van der Waals surface area contributed by atoms with Crippen molar-refractivity contribution in [2.24, 2.45) is 0 Å². The highest BCUT2D eigenvalue weighted by Gasteiger charge is 2.18. The molecule has 2 aliphatic heterocycles. The third kappa shape index (κ3) is 6.19. The van der Waals surface area contributed by atoms with Crippen LogP contribution in [0.4, 0.5) is 11.8 Å². The first-order valence-electron chi connectivity index (χ1n) is 16.0. The second-order valence-electron chi connectivity index (χ2n) is 11.6. The predicted molar refractivity (Wildman–Crippen MR) is 185 cm³/mol. The van der Waals surface area contributed by atoms with Crippen LogP contribution < -0.4 is 20.7 Å². The Morgan fingerprint density at radius 3 is 1.41 bits per heavy atom. The Kier molecular flexibility index (Phi) is 8.65. The highest BCUT2D eigenvalue weighted by molar-refractivity contribution is 5.93. The highest BCUT2D eigenvalue weighted by Crippen LogP contribution is 2.32. The van der Waals surface area contributed by atoms with E-state index >= 15 is 0 Å². The number of hydrogen-bond donors (Lipinski definition) is 0. The summed E-state index contributed by atoms with van der Waals surface area (Å²) in [6.45, 7) is 4.71. The Morgan fingerprint density at radius 2 is 0.935 bits per heavy atom. The number of hydrogen-bond acceptors (Lipinski definition) is 7. The van der Waals surface area contributed by atoms with Gasteiger partial charge >= 0.3 is 0 Å². The van der Waals surface area contributed by atoms with Crippen molar-refractivity contribution in [2.75, 3.05) is 49.2 Å². The molecule has 0 atom stereocenters. The van der Waals surface area contributed by atoms with Crippen LogP contribution in [0.15, 0.2) is 128 Å². The maximum absolute atomic E-state index is 12.5. The molecule has 0 N–H and O–H groups in total. The van der Waals surface area contributed by atoms with Gasteiger partial charge in [-0.05, 0) is 42.5 Å². The number of benzene rings is 4. The summed E-state index contributed by atoms with van der Waals surface area (Å²) >= 11 is 0. The third-order valence-corrected chi connectivity index (χ3v) is 8.64. The third-order valence-electron chi connectivity index (χ3n) is 8.64. The molecule has 6 aromatic rings. The molecule has 4 aromatic carbocycles. The van der Waals surface area contributed by atoms with Crippen LogP contribution in [0.5, 0.6) is 0 Å². The molecule has 2 saturated heterocycles. The molecular weight excluding hydrogens is 576 g/mol. The SMILES string of the molecule is O=c1cc(N2CCCCC2)oc2c(-c3ccccc3)cccc12.O=c1cc(N2CCOCC2)oc2c(-c3ccccc3)cccc12. The summed E-state index contributed by atoms with van der Waals surface area (Å²) in [6.07, 6.45) is 3.56. The zero-order valence-electron chi connectivity index (χ0n) is 25.7. The molecule has 46 heavy (non-hydrogen) atoms. The molecule has 0 spiro atoms. The Labute approximate surface area is 267 Å². The summed E-state index contributed by atoms with van der Waals surface area (Å²) < 4.78 is 17.7. The molecule has 0 aliphatic carbocycles. The van der Waals surface area contributed by atoms with Gasteiger partial charge in [-0.1, -0.05) is 84.9 Å². The smallest absolute Gasteiger partial charge is 0.200 e. The van der Waals surface area contributed by atoms with Crippen molar-refractivity contribution in [1.29, 1.82) is 0 Å². The predicted octanol–water partition coefficient (Wildman–Crippen LogP) is 7.75. The molecule has 0 amide bonds. The summed E-state index contributed by atoms with van der Waals surface area (Å²) in [5, 5.41) is 1.26. The minimum absolute atomic E-state index is 0.00878. The van der Waals surface area contributed by atoms with E-state index in [9.17, 15) is 9.59 Å². The van der Waals surface area contributed by atoms with Crippen molar-refractivity contribution in [3.63, 3.8) is 0 Å². The molecule has 0 saturated carbocycles. The molecule has 2 aliphatic rings. The Bertz CT molecular complexity index is 1910. The van der Waals surface area contributed by atoms with Crippen molar-refractivity contribution in [3.05, 3.63) is 130 Å². The van der Waals surface area contributed by atoms with Crippen LogP contribution >= 0.6 is 0 Å². The zero-order valence-corrected chi connectivity index (χ0v) is 25.7. The van der Waals surface area contributed by atoms with Crippen molar-refractivity contribution in [3.8, 4) is 22.3 Å². The van der Waals surface area contributed by atoms with Crippen LogP contribution in [0.1, 0.15) is 19.3 Å². The fourth-order valence-electron chi connectivity index (χ4n) is 6.23. The van der Waals surface area contributed by atoms with Crippen LogP contribution in [0.3, 0.4) is 0 Å². The standard InChI is InChI=1S/C20H19NO2.C19H17NO3/c22-18-14-19(21-12-5-2-6-13-21)23-20-16(10-7-11-17(18)20)15-8-3-1-4-9-15;21-17-13-18(20-9-11-22-12-10-20)23-19-15(7-4-8-16(17)19)14-5-2-1-3-6-14/h1,3-4,7-11,14H,2,5-6,12-13H2;1-8,13H,9-12H2. The summed E-state index contributed by atoms with van der Waals surface area (Å²) in [4.78, 5) is 29.3. The van der Waals surface area contributed by atoms with Gasteiger partial charge in [0.2, 0.25) is 0 Å². The summed E-state index contributed by atoms with van der Waals surface area (Å²) in [7, 11) is 0. The lowest BCUT2D eigenvalue weighted by Crippen LogP contribution is -2.36. The molecule has 2 fully saturated rings. The molecule has 2 aromatic heterocycles. The molecule has 8 rings (SSSR count). The first kappa shape index (κ1) is 29.6. The van der Waals surface area contributed by atoms with Crippen molar-refractivity contribution < 1.29 is 13.6 Å². The van der Waals surface area contributed by atoms with E-state index in [1.165, 1.54) is 6.42 Å². The molecule has 0 radical (unpaired) electrons. The monoisotopic (exact) mass is 612 g/mol. The van der Waals surface area contributed by atoms with E-state index in [4.69, 9.17) is 13.6 Å². The number of morpholine rings is 1. The van der Waals surface area contributed by atoms with Gasteiger partial charge < -0.3 is 23.4 Å². The Hall–Kier alpha value is -5.14. The molecular formula is C39H36N2O5. The minimum Gasteiger partial charge on any atom is -0.440 e. The average molecular weight is 613 g/mol. The first-order chi connectivity index (χ1) is 22.7. The number of fused-ring (bicyclic) bond motifs is 2. The van der Waals surface area contributed by atoms with Crippen LogP contribution in [-0.4, -0.2) is 39.4 Å². The van der Waals surface area contributed by atoms with E-state index in [-0.39, 0.29) is 10.9 Å². The van der Waals surface area contributed by atoms with E-state index in [1.807, 2.05) is 97.1 Å². The van der Waals surface area contributed by atoms with E-state index < -0.39 is 0 Å². The summed E-state index contributed by atoms with van der Waals surface area (Å²) in [5.41, 5.74) is 5.38. The van der Waals surface area contributed by atoms with Crippen LogP contribution in [-0.2, 0) is 4.74 Å². The molecule has 0 bridgehead atoms. The second-order valence-corrected chi connectivity index (χ2v) is 11.6. The number of nitrogens with zero attached hydrogens (tertiary/aromatic N) is 2. The lowest BCUT2D eigenvalue weighted by Gasteiger charge is -2.27. The Morgan fingerprint density at radius 1 is 0.478 bits per heavy atom. The number of anilines is 2. The normalized spacial score (nSPS) is 15.0. The van der Waals surface area contributed by atoms with Crippen molar-refractivity contribution in [2.45, 2.75) is 19.3 Å². The minimum atomic E-state index is -0.00878. The van der Waals surface area contributed by atoms with Gasteiger partial charge in [0.25, 0.3) is 0 Å². The lowest BCUT2D eigenvalue weighted by atomic mass is 10.0. The van der Waals surface area contributed by atoms with Gasteiger partial charge in [0, 0.05) is 49.4 Å². The maximum Gasteiger partial charge on any atom is 0.200 e. The number of ether oxygens (including phenoxy) is 1. The van der Waals surface area contributed by atoms with Crippen molar-refractivity contribution in [1.82, 2.24) is 0 Å². The van der Waals surface area contributed by atoms with Gasteiger partial charge in [0.1, 0.15) is 11.2 Å². The van der Waals surface area contributed by atoms with Gasteiger partial charge in [0.15, 0.2) is 22.6 Å². The van der Waals surface area contributed by atoms with E-state index in [2.05, 4.69) is 9.80 Å². The second kappa shape index (κ2) is 13.5. The fraction of sp³-hybridized carbons (Fsp3) is 0.231. The topological polar surface area (TPSA) is 76.1 Å². The van der Waals surface area contributed by atoms with Crippen LogP contribution in [0, 0.1) is 0 Å². The quantitative estimate of drug-likeness (QED) is 0.202. The highest BCUT2D eigenvalue weighted by atomic mass is 16.5.